The normalized spacial score (nSPS) is 10.8. The van der Waals surface area contributed by atoms with Gasteiger partial charge in [-0.3, -0.25) is 10.1 Å². The summed E-state index contributed by atoms with van der Waals surface area (Å²) in [4.78, 5) is 10.2. The number of anilines is 1. The van der Waals surface area contributed by atoms with Crippen molar-refractivity contribution in [3.8, 4) is 0 Å². The van der Waals surface area contributed by atoms with Gasteiger partial charge < -0.3 is 5.32 Å². The Morgan fingerprint density at radius 1 is 1.25 bits per heavy atom. The molecule has 0 aromatic heterocycles. The molecule has 20 heavy (non-hydrogen) atoms. The summed E-state index contributed by atoms with van der Waals surface area (Å²) < 4.78 is 0. The van der Waals surface area contributed by atoms with Gasteiger partial charge in [0.05, 0.1) is 15.6 Å². The van der Waals surface area contributed by atoms with E-state index >= 15 is 0 Å². The molecule has 0 aliphatic rings. The van der Waals surface area contributed by atoms with Crippen LogP contribution in [-0.4, -0.2) is 11.5 Å². The Morgan fingerprint density at radius 2 is 1.95 bits per heavy atom. The van der Waals surface area contributed by atoms with E-state index in [0.717, 1.165) is 24.6 Å². The van der Waals surface area contributed by atoms with E-state index < -0.39 is 4.92 Å². The van der Waals surface area contributed by atoms with Crippen molar-refractivity contribution in [2.75, 3.05) is 11.9 Å². The van der Waals surface area contributed by atoms with Crippen molar-refractivity contribution in [2.45, 2.75) is 46.0 Å². The summed E-state index contributed by atoms with van der Waals surface area (Å²) in [5, 5.41) is 14.2. The van der Waals surface area contributed by atoms with Gasteiger partial charge in [-0.25, -0.2) is 0 Å². The number of nitro groups is 1. The Hall–Kier alpha value is -1.29. The summed E-state index contributed by atoms with van der Waals surface area (Å²) in [5.74, 6) is 0.784. The fourth-order valence-electron chi connectivity index (χ4n) is 2.02. The van der Waals surface area contributed by atoms with Gasteiger partial charge in [0.25, 0.3) is 5.69 Å². The Balaban J connectivity index is 2.24. The van der Waals surface area contributed by atoms with Crippen molar-refractivity contribution in [3.63, 3.8) is 0 Å². The van der Waals surface area contributed by atoms with Gasteiger partial charge in [-0.05, 0) is 18.4 Å². The van der Waals surface area contributed by atoms with Crippen LogP contribution in [0.25, 0.3) is 0 Å². The molecule has 4 nitrogen and oxygen atoms in total. The van der Waals surface area contributed by atoms with Crippen LogP contribution in [0.5, 0.6) is 0 Å². The Labute approximate surface area is 125 Å². The minimum absolute atomic E-state index is 0.0224. The van der Waals surface area contributed by atoms with Crippen LogP contribution in [-0.2, 0) is 0 Å². The molecule has 0 radical (unpaired) electrons. The number of halogens is 1. The highest BCUT2D eigenvalue weighted by molar-refractivity contribution is 6.33. The zero-order valence-corrected chi connectivity index (χ0v) is 12.9. The zero-order valence-electron chi connectivity index (χ0n) is 12.2. The van der Waals surface area contributed by atoms with Crippen molar-refractivity contribution in [1.29, 1.82) is 0 Å². The van der Waals surface area contributed by atoms with Crippen molar-refractivity contribution in [2.24, 2.45) is 5.92 Å². The fraction of sp³-hybridized carbons (Fsp3) is 0.600. The Bertz CT molecular complexity index is 436. The number of non-ortho nitro benzene ring substituents is 1. The molecule has 0 unspecified atom stereocenters. The molecule has 0 heterocycles. The summed E-state index contributed by atoms with van der Waals surface area (Å²) in [6.07, 6.45) is 6.13. The summed E-state index contributed by atoms with van der Waals surface area (Å²) in [6.45, 7) is 5.34. The first-order chi connectivity index (χ1) is 9.50. The highest BCUT2D eigenvalue weighted by Crippen LogP contribution is 2.26. The molecular weight excluding hydrogens is 276 g/mol. The molecule has 0 bridgehead atoms. The highest BCUT2D eigenvalue weighted by atomic mass is 35.5. The third-order valence-corrected chi connectivity index (χ3v) is 3.50. The maximum Gasteiger partial charge on any atom is 0.271 e. The van der Waals surface area contributed by atoms with Gasteiger partial charge in [0.15, 0.2) is 0 Å². The van der Waals surface area contributed by atoms with E-state index in [1.54, 1.807) is 6.07 Å². The lowest BCUT2D eigenvalue weighted by Gasteiger charge is -2.08. The summed E-state index contributed by atoms with van der Waals surface area (Å²) in [6, 6.07) is 4.52. The van der Waals surface area contributed by atoms with Gasteiger partial charge >= 0.3 is 0 Å². The van der Waals surface area contributed by atoms with Gasteiger partial charge in [0, 0.05) is 18.7 Å². The highest BCUT2D eigenvalue weighted by Gasteiger charge is 2.08. The second-order valence-corrected chi connectivity index (χ2v) is 5.85. The van der Waals surface area contributed by atoms with E-state index in [0.29, 0.717) is 5.02 Å². The third-order valence-electron chi connectivity index (χ3n) is 3.19. The minimum atomic E-state index is -0.440. The van der Waals surface area contributed by atoms with Crippen molar-refractivity contribution >= 4 is 23.0 Å². The molecule has 0 spiro atoms. The first kappa shape index (κ1) is 16.8. The van der Waals surface area contributed by atoms with Crippen LogP contribution >= 0.6 is 11.6 Å². The quantitative estimate of drug-likeness (QED) is 0.384. The Kier molecular flexibility index (Phi) is 7.37. The van der Waals surface area contributed by atoms with Gasteiger partial charge in [-0.15, -0.1) is 0 Å². The van der Waals surface area contributed by atoms with E-state index in [9.17, 15) is 10.1 Å². The molecule has 1 aromatic carbocycles. The average Bonchev–Trinajstić information content (AvgIpc) is 2.38. The maximum atomic E-state index is 10.6. The predicted octanol–water partition coefficient (Wildman–Crippen LogP) is 5.27. The summed E-state index contributed by atoms with van der Waals surface area (Å²) in [5.41, 5.74) is 0.786. The van der Waals surface area contributed by atoms with Gasteiger partial charge in [-0.2, -0.15) is 0 Å². The lowest BCUT2D eigenvalue weighted by Crippen LogP contribution is -2.02. The SMILES string of the molecule is CC(C)CCCCCCNc1ccc([N+](=O)[O-])cc1Cl. The molecule has 1 rings (SSSR count). The van der Waals surface area contributed by atoms with Crippen LogP contribution in [0, 0.1) is 16.0 Å². The number of nitrogens with zero attached hydrogens (tertiary/aromatic N) is 1. The predicted molar refractivity (Wildman–Crippen MR) is 84.5 cm³/mol. The lowest BCUT2D eigenvalue weighted by molar-refractivity contribution is -0.384. The molecular formula is C15H23ClN2O2. The van der Waals surface area contributed by atoms with E-state index in [1.807, 2.05) is 0 Å². The largest absolute Gasteiger partial charge is 0.384 e. The fourth-order valence-corrected chi connectivity index (χ4v) is 2.26. The number of nitrogens with one attached hydrogen (secondary N) is 1. The second kappa shape index (κ2) is 8.80. The number of nitro benzene ring substituents is 1. The van der Waals surface area contributed by atoms with E-state index in [4.69, 9.17) is 11.6 Å². The smallest absolute Gasteiger partial charge is 0.271 e. The van der Waals surface area contributed by atoms with Crippen LogP contribution in [0.1, 0.15) is 46.0 Å². The van der Waals surface area contributed by atoms with Crippen molar-refractivity contribution < 1.29 is 4.92 Å². The number of hydrogen-bond donors (Lipinski definition) is 1. The topological polar surface area (TPSA) is 55.2 Å². The molecule has 0 saturated carbocycles. The molecule has 1 N–H and O–H groups in total. The standard InChI is InChI=1S/C15H23ClN2O2/c1-12(2)7-5-3-4-6-10-17-15-9-8-13(18(19)20)11-14(15)16/h8-9,11-12,17H,3-7,10H2,1-2H3. The second-order valence-electron chi connectivity index (χ2n) is 5.44. The first-order valence-corrected chi connectivity index (χ1v) is 7.56. The molecule has 0 saturated heterocycles. The first-order valence-electron chi connectivity index (χ1n) is 7.18. The lowest BCUT2D eigenvalue weighted by atomic mass is 10.0. The van der Waals surface area contributed by atoms with E-state index in [1.165, 1.54) is 37.8 Å². The summed E-state index contributed by atoms with van der Waals surface area (Å²) in [7, 11) is 0. The zero-order chi connectivity index (χ0) is 15.0. The molecule has 1 aromatic rings. The third kappa shape index (κ3) is 6.24. The Morgan fingerprint density at radius 3 is 2.55 bits per heavy atom. The molecule has 5 heteroatoms. The molecule has 0 aliphatic heterocycles. The molecule has 112 valence electrons. The van der Waals surface area contributed by atoms with Gasteiger partial charge in [-0.1, -0.05) is 51.1 Å². The van der Waals surface area contributed by atoms with Crippen LogP contribution in [0.15, 0.2) is 18.2 Å². The average molecular weight is 299 g/mol. The van der Waals surface area contributed by atoms with Crippen LogP contribution in [0.3, 0.4) is 0 Å². The van der Waals surface area contributed by atoms with E-state index in [-0.39, 0.29) is 5.69 Å². The van der Waals surface area contributed by atoms with Crippen LogP contribution < -0.4 is 5.32 Å². The maximum absolute atomic E-state index is 10.6. The molecule has 0 atom stereocenters. The van der Waals surface area contributed by atoms with Crippen LogP contribution in [0.4, 0.5) is 11.4 Å². The molecule has 0 amide bonds. The van der Waals surface area contributed by atoms with Gasteiger partial charge in [0.2, 0.25) is 0 Å². The number of rotatable bonds is 9. The van der Waals surface area contributed by atoms with Crippen molar-refractivity contribution in [3.05, 3.63) is 33.3 Å². The summed E-state index contributed by atoms with van der Waals surface area (Å²) >= 11 is 6.00. The monoisotopic (exact) mass is 298 g/mol. The number of unbranched alkanes of at least 4 members (excludes halogenated alkanes) is 3. The minimum Gasteiger partial charge on any atom is -0.384 e. The molecule has 0 fully saturated rings. The molecule has 0 aliphatic carbocycles. The number of benzene rings is 1. The van der Waals surface area contributed by atoms with Crippen LogP contribution in [0.2, 0.25) is 5.02 Å². The van der Waals surface area contributed by atoms with Gasteiger partial charge in [0.1, 0.15) is 0 Å². The van der Waals surface area contributed by atoms with Crippen molar-refractivity contribution in [1.82, 2.24) is 0 Å². The number of hydrogen-bond acceptors (Lipinski definition) is 3. The van der Waals surface area contributed by atoms with E-state index in [2.05, 4.69) is 19.2 Å².